The molecule has 15 heavy (non-hydrogen) atoms. The second kappa shape index (κ2) is 3.45. The van der Waals surface area contributed by atoms with Crippen molar-refractivity contribution >= 4 is 5.97 Å². The van der Waals surface area contributed by atoms with E-state index in [-0.39, 0.29) is 11.3 Å². The van der Waals surface area contributed by atoms with Crippen LogP contribution >= 0.6 is 0 Å². The highest BCUT2D eigenvalue weighted by Gasteiger charge is 2.16. The number of carboxylic acid groups (broad SMARTS) is 1. The SMILES string of the molecule is O=C(O)c1c(O)cccc1-c1ccn[nH]1. The number of H-pyrrole nitrogens is 1. The lowest BCUT2D eigenvalue weighted by Crippen LogP contribution is -2.00. The van der Waals surface area contributed by atoms with Crippen LogP contribution in [0.3, 0.4) is 0 Å². The van der Waals surface area contributed by atoms with Gasteiger partial charge in [0.2, 0.25) is 0 Å². The van der Waals surface area contributed by atoms with Gasteiger partial charge in [0.1, 0.15) is 11.3 Å². The van der Waals surface area contributed by atoms with Gasteiger partial charge in [0.15, 0.2) is 0 Å². The molecule has 2 aromatic rings. The van der Waals surface area contributed by atoms with Gasteiger partial charge in [-0.3, -0.25) is 5.10 Å². The molecule has 5 heteroatoms. The minimum atomic E-state index is -1.17. The first kappa shape index (κ1) is 9.26. The molecule has 1 aromatic carbocycles. The van der Waals surface area contributed by atoms with Crippen LogP contribution in [0, 0.1) is 0 Å². The summed E-state index contributed by atoms with van der Waals surface area (Å²) in [6, 6.07) is 6.17. The van der Waals surface area contributed by atoms with Crippen molar-refractivity contribution in [2.45, 2.75) is 0 Å². The maximum atomic E-state index is 10.9. The van der Waals surface area contributed by atoms with Gasteiger partial charge in [-0.2, -0.15) is 5.10 Å². The van der Waals surface area contributed by atoms with E-state index in [4.69, 9.17) is 5.11 Å². The van der Waals surface area contributed by atoms with E-state index in [1.54, 1.807) is 18.2 Å². The van der Waals surface area contributed by atoms with Crippen molar-refractivity contribution in [3.63, 3.8) is 0 Å². The molecule has 0 saturated heterocycles. The predicted octanol–water partition coefficient (Wildman–Crippen LogP) is 1.48. The Kier molecular flexibility index (Phi) is 2.13. The standard InChI is InChI=1S/C10H8N2O3/c13-8-3-1-2-6(9(8)10(14)15)7-4-5-11-12-7/h1-5,13H,(H,11,12)(H,14,15). The topological polar surface area (TPSA) is 86.2 Å². The fourth-order valence-electron chi connectivity index (χ4n) is 1.40. The zero-order chi connectivity index (χ0) is 10.8. The van der Waals surface area contributed by atoms with Crippen LogP contribution in [0.15, 0.2) is 30.5 Å². The number of hydrogen-bond donors (Lipinski definition) is 3. The quantitative estimate of drug-likeness (QED) is 0.691. The van der Waals surface area contributed by atoms with Gasteiger partial charge in [-0.15, -0.1) is 0 Å². The van der Waals surface area contributed by atoms with Crippen molar-refractivity contribution in [2.75, 3.05) is 0 Å². The van der Waals surface area contributed by atoms with Crippen LogP contribution < -0.4 is 0 Å². The zero-order valence-electron chi connectivity index (χ0n) is 7.64. The lowest BCUT2D eigenvalue weighted by molar-refractivity contribution is 0.0694. The van der Waals surface area contributed by atoms with Gasteiger partial charge in [0.25, 0.3) is 0 Å². The Hall–Kier alpha value is -2.30. The summed E-state index contributed by atoms with van der Waals surface area (Å²) in [4.78, 5) is 10.9. The van der Waals surface area contributed by atoms with E-state index in [0.29, 0.717) is 11.3 Å². The van der Waals surface area contributed by atoms with Crippen molar-refractivity contribution in [2.24, 2.45) is 0 Å². The van der Waals surface area contributed by atoms with Crippen molar-refractivity contribution in [3.05, 3.63) is 36.0 Å². The maximum absolute atomic E-state index is 10.9. The fourth-order valence-corrected chi connectivity index (χ4v) is 1.40. The molecule has 0 spiro atoms. The van der Waals surface area contributed by atoms with Crippen molar-refractivity contribution < 1.29 is 15.0 Å². The molecule has 3 N–H and O–H groups in total. The molecule has 2 rings (SSSR count). The number of rotatable bonds is 2. The molecule has 0 aliphatic rings. The van der Waals surface area contributed by atoms with Crippen LogP contribution in [0.1, 0.15) is 10.4 Å². The third-order valence-corrected chi connectivity index (χ3v) is 2.05. The van der Waals surface area contributed by atoms with E-state index in [1.807, 2.05) is 0 Å². The maximum Gasteiger partial charge on any atom is 0.340 e. The van der Waals surface area contributed by atoms with Gasteiger partial charge in [-0.25, -0.2) is 4.79 Å². The number of benzene rings is 1. The average Bonchev–Trinajstić information content (AvgIpc) is 2.69. The molecule has 0 aliphatic heterocycles. The van der Waals surface area contributed by atoms with Gasteiger partial charge in [-0.1, -0.05) is 12.1 Å². The van der Waals surface area contributed by atoms with E-state index in [9.17, 15) is 9.90 Å². The largest absolute Gasteiger partial charge is 0.507 e. The Morgan fingerprint density at radius 2 is 2.13 bits per heavy atom. The van der Waals surface area contributed by atoms with E-state index in [1.165, 1.54) is 12.3 Å². The number of hydrogen-bond acceptors (Lipinski definition) is 3. The third-order valence-electron chi connectivity index (χ3n) is 2.05. The summed E-state index contributed by atoms with van der Waals surface area (Å²) in [7, 11) is 0. The summed E-state index contributed by atoms with van der Waals surface area (Å²) < 4.78 is 0. The number of phenols is 1. The molecule has 76 valence electrons. The Balaban J connectivity index is 2.66. The first-order valence-electron chi connectivity index (χ1n) is 4.25. The second-order valence-electron chi connectivity index (χ2n) is 2.98. The van der Waals surface area contributed by atoms with Crippen LogP contribution in [-0.4, -0.2) is 26.4 Å². The van der Waals surface area contributed by atoms with Crippen LogP contribution in [0.5, 0.6) is 5.75 Å². The number of aromatic amines is 1. The highest BCUT2D eigenvalue weighted by molar-refractivity contribution is 5.98. The van der Waals surface area contributed by atoms with Gasteiger partial charge in [-0.05, 0) is 12.1 Å². The number of aromatic hydroxyl groups is 1. The number of carbonyl (C=O) groups is 1. The third kappa shape index (κ3) is 1.54. The summed E-state index contributed by atoms with van der Waals surface area (Å²) in [5, 5.41) is 24.8. The number of nitrogens with zero attached hydrogens (tertiary/aromatic N) is 1. The van der Waals surface area contributed by atoms with Crippen LogP contribution in [0.25, 0.3) is 11.3 Å². The highest BCUT2D eigenvalue weighted by Crippen LogP contribution is 2.28. The van der Waals surface area contributed by atoms with Crippen molar-refractivity contribution in [1.29, 1.82) is 0 Å². The fraction of sp³-hybridized carbons (Fsp3) is 0. The van der Waals surface area contributed by atoms with Crippen LogP contribution in [0.2, 0.25) is 0 Å². The van der Waals surface area contributed by atoms with E-state index >= 15 is 0 Å². The molecule has 0 saturated carbocycles. The molecule has 0 amide bonds. The minimum absolute atomic E-state index is 0.123. The van der Waals surface area contributed by atoms with Gasteiger partial charge < -0.3 is 10.2 Å². The number of aromatic carboxylic acids is 1. The molecule has 0 aliphatic carbocycles. The zero-order valence-corrected chi connectivity index (χ0v) is 7.64. The molecule has 5 nitrogen and oxygen atoms in total. The lowest BCUT2D eigenvalue weighted by atomic mass is 10.0. The number of aromatic nitrogens is 2. The van der Waals surface area contributed by atoms with Crippen LogP contribution in [0.4, 0.5) is 0 Å². The number of nitrogens with one attached hydrogen (secondary N) is 1. The molecule has 1 heterocycles. The first-order valence-corrected chi connectivity index (χ1v) is 4.25. The highest BCUT2D eigenvalue weighted by atomic mass is 16.4. The molecule has 0 atom stereocenters. The molecule has 0 bridgehead atoms. The smallest absolute Gasteiger partial charge is 0.340 e. The minimum Gasteiger partial charge on any atom is -0.507 e. The molecular weight excluding hydrogens is 196 g/mol. The summed E-state index contributed by atoms with van der Waals surface area (Å²) in [6.45, 7) is 0. The Labute approximate surface area is 85.0 Å². The second-order valence-corrected chi connectivity index (χ2v) is 2.98. The van der Waals surface area contributed by atoms with Gasteiger partial charge >= 0.3 is 5.97 Å². The summed E-state index contributed by atoms with van der Waals surface area (Å²) in [6.07, 6.45) is 1.52. The normalized spacial score (nSPS) is 10.1. The molecule has 1 aromatic heterocycles. The van der Waals surface area contributed by atoms with Gasteiger partial charge in [0.05, 0.1) is 5.69 Å². The molecular formula is C10H8N2O3. The summed E-state index contributed by atoms with van der Waals surface area (Å²) in [5.41, 5.74) is 0.852. The summed E-state index contributed by atoms with van der Waals surface area (Å²) >= 11 is 0. The van der Waals surface area contributed by atoms with E-state index in [2.05, 4.69) is 10.2 Å². The summed E-state index contributed by atoms with van der Waals surface area (Å²) in [5.74, 6) is -1.42. The number of carboxylic acids is 1. The lowest BCUT2D eigenvalue weighted by Gasteiger charge is -2.05. The molecule has 0 radical (unpaired) electrons. The van der Waals surface area contributed by atoms with E-state index in [0.717, 1.165) is 0 Å². The Morgan fingerprint density at radius 1 is 1.33 bits per heavy atom. The average molecular weight is 204 g/mol. The first-order chi connectivity index (χ1) is 7.20. The van der Waals surface area contributed by atoms with Crippen molar-refractivity contribution in [3.8, 4) is 17.0 Å². The Morgan fingerprint density at radius 3 is 2.73 bits per heavy atom. The van der Waals surface area contributed by atoms with Gasteiger partial charge in [0, 0.05) is 11.8 Å². The molecule has 0 unspecified atom stereocenters. The predicted molar refractivity (Wildman–Crippen MR) is 52.6 cm³/mol. The van der Waals surface area contributed by atoms with E-state index < -0.39 is 5.97 Å². The Bertz CT molecular complexity index is 491. The van der Waals surface area contributed by atoms with Crippen LogP contribution in [-0.2, 0) is 0 Å². The van der Waals surface area contributed by atoms with Crippen molar-refractivity contribution in [1.82, 2.24) is 10.2 Å². The monoisotopic (exact) mass is 204 g/mol. The molecule has 0 fully saturated rings.